The molecule has 2 N–H and O–H groups in total. The minimum absolute atomic E-state index is 0.0113. The number of fused-ring (bicyclic) bond motifs is 3. The van der Waals surface area contributed by atoms with Crippen LogP contribution < -0.4 is 15.4 Å². The molecule has 0 saturated heterocycles. The number of anilines is 1. The van der Waals surface area contributed by atoms with Gasteiger partial charge in [0.1, 0.15) is 16.9 Å². The number of hydrogen-bond acceptors (Lipinski definition) is 5. The van der Waals surface area contributed by atoms with Gasteiger partial charge in [-0.05, 0) is 36.7 Å². The van der Waals surface area contributed by atoms with Crippen molar-refractivity contribution in [2.24, 2.45) is 0 Å². The lowest BCUT2D eigenvalue weighted by Crippen LogP contribution is -2.38. The molecule has 5 nitrogen and oxygen atoms in total. The largest absolute Gasteiger partial charge is 0.495 e. The molecule has 0 fully saturated rings. The van der Waals surface area contributed by atoms with Gasteiger partial charge < -0.3 is 20.3 Å². The smallest absolute Gasteiger partial charge is 0.256 e. The van der Waals surface area contributed by atoms with E-state index >= 15 is 0 Å². The van der Waals surface area contributed by atoms with E-state index in [1.807, 2.05) is 18.2 Å². The van der Waals surface area contributed by atoms with Crippen LogP contribution in [0.4, 0.5) is 5.00 Å². The summed E-state index contributed by atoms with van der Waals surface area (Å²) in [5.41, 5.74) is 2.92. The molecule has 24 heavy (non-hydrogen) atoms. The first-order chi connectivity index (χ1) is 11.6. The van der Waals surface area contributed by atoms with E-state index < -0.39 is 0 Å². The maximum atomic E-state index is 12.7. The number of nitrogens with zero attached hydrogens (tertiary/aromatic N) is 1. The van der Waals surface area contributed by atoms with Crippen molar-refractivity contribution in [3.8, 4) is 5.75 Å². The Morgan fingerprint density at radius 2 is 2.21 bits per heavy atom. The highest BCUT2D eigenvalue weighted by Crippen LogP contribution is 2.41. The zero-order valence-electron chi connectivity index (χ0n) is 13.5. The van der Waals surface area contributed by atoms with Gasteiger partial charge in [0, 0.05) is 18.0 Å². The average molecular weight is 364 g/mol. The van der Waals surface area contributed by atoms with E-state index in [1.165, 1.54) is 10.4 Å². The predicted octanol–water partition coefficient (Wildman–Crippen LogP) is 3.25. The van der Waals surface area contributed by atoms with Gasteiger partial charge in [0.2, 0.25) is 0 Å². The minimum atomic E-state index is -0.286. The van der Waals surface area contributed by atoms with Gasteiger partial charge in [0.05, 0.1) is 17.7 Å². The lowest BCUT2D eigenvalue weighted by molar-refractivity contribution is 0.0935. The van der Waals surface area contributed by atoms with E-state index in [4.69, 9.17) is 16.3 Å². The molecule has 2 aromatic rings. The number of methoxy groups -OCH3 is 1. The van der Waals surface area contributed by atoms with E-state index in [1.54, 1.807) is 18.4 Å². The summed E-state index contributed by atoms with van der Waals surface area (Å²) in [5, 5.41) is 7.98. The van der Waals surface area contributed by atoms with E-state index in [2.05, 4.69) is 22.6 Å². The number of carbonyl (C=O) groups is 1. The van der Waals surface area contributed by atoms with Gasteiger partial charge in [-0.15, -0.1) is 11.3 Å². The molecule has 0 aliphatic carbocycles. The maximum Gasteiger partial charge on any atom is 0.256 e. The van der Waals surface area contributed by atoms with E-state index in [-0.39, 0.29) is 12.1 Å². The number of hydrogen-bond donors (Lipinski definition) is 2. The van der Waals surface area contributed by atoms with Crippen molar-refractivity contribution in [1.82, 2.24) is 10.2 Å². The minimum Gasteiger partial charge on any atom is -0.495 e. The van der Waals surface area contributed by atoms with E-state index in [9.17, 15) is 4.79 Å². The lowest BCUT2D eigenvalue weighted by atomic mass is 10.0. The number of amides is 1. The third-order valence-electron chi connectivity index (χ3n) is 4.53. The maximum absolute atomic E-state index is 12.7. The summed E-state index contributed by atoms with van der Waals surface area (Å²) in [6, 6.07) is 5.55. The highest BCUT2D eigenvalue weighted by molar-refractivity contribution is 7.16. The first kappa shape index (κ1) is 15.7. The number of nitrogens with one attached hydrogen (secondary N) is 2. The predicted molar refractivity (Wildman–Crippen MR) is 96.2 cm³/mol. The van der Waals surface area contributed by atoms with Gasteiger partial charge in [-0.1, -0.05) is 17.7 Å². The fourth-order valence-electron chi connectivity index (χ4n) is 3.27. The van der Waals surface area contributed by atoms with Crippen molar-refractivity contribution in [1.29, 1.82) is 0 Å². The summed E-state index contributed by atoms with van der Waals surface area (Å²) in [6.07, 6.45) is 0.637. The third kappa shape index (κ3) is 2.55. The van der Waals surface area contributed by atoms with Crippen LogP contribution >= 0.6 is 22.9 Å². The Bertz CT molecular complexity index is 820. The van der Waals surface area contributed by atoms with Crippen LogP contribution in [0.3, 0.4) is 0 Å². The summed E-state index contributed by atoms with van der Waals surface area (Å²) in [5.74, 6) is 0.612. The van der Waals surface area contributed by atoms with Crippen LogP contribution in [0.1, 0.15) is 32.5 Å². The Morgan fingerprint density at radius 1 is 1.38 bits per heavy atom. The Kier molecular flexibility index (Phi) is 3.90. The van der Waals surface area contributed by atoms with Crippen molar-refractivity contribution in [2.75, 3.05) is 26.0 Å². The van der Waals surface area contributed by atoms with E-state index in [0.717, 1.165) is 35.6 Å². The monoisotopic (exact) mass is 363 g/mol. The van der Waals surface area contributed by atoms with Crippen LogP contribution in [0.25, 0.3) is 0 Å². The fraction of sp³-hybridized carbons (Fsp3) is 0.353. The molecule has 0 radical (unpaired) electrons. The number of likely N-dealkylation sites (N-methyl/N-ethyl adjacent to an activating group) is 1. The van der Waals surface area contributed by atoms with Crippen LogP contribution in [0.15, 0.2) is 18.2 Å². The van der Waals surface area contributed by atoms with Crippen molar-refractivity contribution in [2.45, 2.75) is 19.1 Å². The molecule has 4 rings (SSSR count). The number of carbonyl (C=O) groups excluding carboxylic acids is 1. The standard InChI is InChI=1S/C17H18ClN3O2S/c1-21-6-5-10-13(8-21)24-17-14(10)16(22)19-15(20-17)9-3-4-12(23-2)11(18)7-9/h3-4,7,15,20H,5-6,8H2,1-2H3,(H,19,22)/t15-/m1/s1. The van der Waals surface area contributed by atoms with Crippen LogP contribution in [0.5, 0.6) is 5.75 Å². The average Bonchev–Trinajstić information content (AvgIpc) is 2.92. The molecule has 0 unspecified atom stereocenters. The van der Waals surface area contributed by atoms with Crippen LogP contribution in [0.2, 0.25) is 5.02 Å². The molecular weight excluding hydrogens is 346 g/mol. The Labute approximate surface area is 149 Å². The molecule has 0 spiro atoms. The zero-order valence-corrected chi connectivity index (χ0v) is 15.1. The van der Waals surface area contributed by atoms with Gasteiger partial charge in [-0.2, -0.15) is 0 Å². The lowest BCUT2D eigenvalue weighted by Gasteiger charge is -2.27. The molecule has 7 heteroatoms. The number of benzene rings is 1. The van der Waals surface area contributed by atoms with Crippen molar-refractivity contribution < 1.29 is 9.53 Å². The quantitative estimate of drug-likeness (QED) is 0.860. The Hall–Kier alpha value is -1.76. The molecule has 1 aromatic carbocycles. The number of ether oxygens (including phenoxy) is 1. The summed E-state index contributed by atoms with van der Waals surface area (Å²) in [4.78, 5) is 16.2. The second-order valence-electron chi connectivity index (χ2n) is 6.14. The molecular formula is C17H18ClN3O2S. The molecule has 2 aliphatic heterocycles. The number of rotatable bonds is 2. The highest BCUT2D eigenvalue weighted by Gasteiger charge is 2.32. The summed E-state index contributed by atoms with van der Waals surface area (Å²) < 4.78 is 5.19. The summed E-state index contributed by atoms with van der Waals surface area (Å²) in [6.45, 7) is 1.89. The SMILES string of the molecule is COc1ccc([C@@H]2NC(=O)c3c(sc4c3CCN(C)C4)N2)cc1Cl. The van der Waals surface area contributed by atoms with Gasteiger partial charge in [0.15, 0.2) is 0 Å². The van der Waals surface area contributed by atoms with E-state index in [0.29, 0.717) is 10.8 Å². The zero-order chi connectivity index (χ0) is 16.8. The fourth-order valence-corrected chi connectivity index (χ4v) is 4.89. The van der Waals surface area contributed by atoms with Crippen LogP contribution in [0, 0.1) is 0 Å². The third-order valence-corrected chi connectivity index (χ3v) is 5.98. The van der Waals surface area contributed by atoms with Crippen molar-refractivity contribution >= 4 is 33.8 Å². The molecule has 1 atom stereocenters. The molecule has 3 heterocycles. The summed E-state index contributed by atoms with van der Waals surface area (Å²) >= 11 is 7.90. The topological polar surface area (TPSA) is 53.6 Å². The highest BCUT2D eigenvalue weighted by atomic mass is 35.5. The van der Waals surface area contributed by atoms with Crippen molar-refractivity contribution in [3.63, 3.8) is 0 Å². The van der Waals surface area contributed by atoms with Crippen LogP contribution in [-0.4, -0.2) is 31.5 Å². The molecule has 1 aromatic heterocycles. The number of halogens is 1. The Morgan fingerprint density at radius 3 is 2.96 bits per heavy atom. The normalized spacial score (nSPS) is 20.0. The molecule has 2 aliphatic rings. The molecule has 0 saturated carbocycles. The Balaban J connectivity index is 1.67. The molecule has 0 bridgehead atoms. The second-order valence-corrected chi connectivity index (χ2v) is 7.65. The van der Waals surface area contributed by atoms with Crippen molar-refractivity contribution in [3.05, 3.63) is 44.8 Å². The van der Waals surface area contributed by atoms with Crippen LogP contribution in [-0.2, 0) is 13.0 Å². The van der Waals surface area contributed by atoms with Gasteiger partial charge >= 0.3 is 0 Å². The van der Waals surface area contributed by atoms with Gasteiger partial charge in [-0.3, -0.25) is 4.79 Å². The first-order valence-corrected chi connectivity index (χ1v) is 9.00. The second kappa shape index (κ2) is 5.95. The molecule has 126 valence electrons. The van der Waals surface area contributed by atoms with Gasteiger partial charge in [0.25, 0.3) is 5.91 Å². The van der Waals surface area contributed by atoms with Gasteiger partial charge in [-0.25, -0.2) is 0 Å². The summed E-state index contributed by atoms with van der Waals surface area (Å²) in [7, 11) is 3.69. The first-order valence-electron chi connectivity index (χ1n) is 7.80. The number of thiophene rings is 1. The molecule has 1 amide bonds.